The molecular formula is C29H29F3N4O3. The first-order chi connectivity index (χ1) is 18.7. The predicted molar refractivity (Wildman–Crippen MR) is 142 cm³/mol. The minimum atomic E-state index is -4.54. The van der Waals surface area contributed by atoms with Crippen LogP contribution in [0.1, 0.15) is 34.1 Å². The summed E-state index contributed by atoms with van der Waals surface area (Å²) < 4.78 is 45.0. The van der Waals surface area contributed by atoms with E-state index in [-0.39, 0.29) is 23.4 Å². The maximum absolute atomic E-state index is 13.1. The van der Waals surface area contributed by atoms with Crippen LogP contribution in [0.2, 0.25) is 0 Å². The number of aryl methyl sites for hydroxylation is 1. The molecule has 2 amide bonds. The summed E-state index contributed by atoms with van der Waals surface area (Å²) in [4.78, 5) is 32.2. The van der Waals surface area contributed by atoms with E-state index in [0.29, 0.717) is 38.4 Å². The molecule has 2 atom stereocenters. The number of carbonyl (C=O) groups is 2. The van der Waals surface area contributed by atoms with E-state index in [2.05, 4.69) is 26.6 Å². The van der Waals surface area contributed by atoms with Crippen molar-refractivity contribution in [1.29, 1.82) is 0 Å². The standard InChI is InChI=1S/C29H29F3N4O3/c1-3-33-28(38)24-12-19-8-7-18(13-25(19)36-9-10-39-16-26(24)36)23-14-22(15-34-17(23)2)35-27(37)20-5-4-6-21(11-20)29(30,31)32/h4-8,11,13-15,24,26H,3,9-10,12,16H2,1-2H3,(H,33,38)(H,35,37). The maximum Gasteiger partial charge on any atom is 0.416 e. The number of alkyl halides is 3. The van der Waals surface area contributed by atoms with Crippen LogP contribution in [0, 0.1) is 12.8 Å². The molecule has 204 valence electrons. The second-order valence-electron chi connectivity index (χ2n) is 9.77. The Kier molecular flexibility index (Phi) is 7.31. The number of fused-ring (bicyclic) bond motifs is 3. The molecule has 2 N–H and O–H groups in total. The summed E-state index contributed by atoms with van der Waals surface area (Å²) in [5, 5.41) is 5.62. The highest BCUT2D eigenvalue weighted by molar-refractivity contribution is 6.04. The SMILES string of the molecule is CCNC(=O)C1Cc2ccc(-c3cc(NC(=O)c4cccc(C(F)(F)F)c4)cnc3C)cc2N2CCOCC12. The highest BCUT2D eigenvalue weighted by Gasteiger charge is 2.40. The number of pyridine rings is 1. The van der Waals surface area contributed by atoms with Crippen LogP contribution in [0.15, 0.2) is 54.7 Å². The number of rotatable bonds is 5. The molecular weight excluding hydrogens is 509 g/mol. The molecule has 1 aromatic heterocycles. The van der Waals surface area contributed by atoms with Gasteiger partial charge in [-0.25, -0.2) is 0 Å². The zero-order valence-corrected chi connectivity index (χ0v) is 21.6. The van der Waals surface area contributed by atoms with Crippen LogP contribution < -0.4 is 15.5 Å². The molecule has 2 aliphatic rings. The van der Waals surface area contributed by atoms with Crippen LogP contribution in [-0.2, 0) is 22.1 Å². The van der Waals surface area contributed by atoms with Crippen molar-refractivity contribution in [3.8, 4) is 11.1 Å². The van der Waals surface area contributed by atoms with E-state index in [1.807, 2.05) is 26.0 Å². The molecule has 0 spiro atoms. The van der Waals surface area contributed by atoms with Crippen molar-refractivity contribution in [3.05, 3.63) is 77.1 Å². The predicted octanol–water partition coefficient (Wildman–Crippen LogP) is 4.84. The van der Waals surface area contributed by atoms with Gasteiger partial charge in [-0.1, -0.05) is 18.2 Å². The first-order valence-electron chi connectivity index (χ1n) is 12.9. The number of amides is 2. The Labute approximate surface area is 224 Å². The summed E-state index contributed by atoms with van der Waals surface area (Å²) in [5.74, 6) is -0.839. The Bertz CT molecular complexity index is 1410. The lowest BCUT2D eigenvalue weighted by atomic mass is 9.83. The normalized spacial score (nSPS) is 18.6. The zero-order valence-electron chi connectivity index (χ0n) is 21.6. The van der Waals surface area contributed by atoms with Crippen molar-refractivity contribution in [2.75, 3.05) is 36.5 Å². The smallest absolute Gasteiger partial charge is 0.377 e. The fraction of sp³-hybridized carbons (Fsp3) is 0.345. The van der Waals surface area contributed by atoms with Crippen molar-refractivity contribution >= 4 is 23.2 Å². The van der Waals surface area contributed by atoms with Crippen molar-refractivity contribution in [2.45, 2.75) is 32.5 Å². The first kappa shape index (κ1) is 26.7. The average molecular weight is 539 g/mol. The first-order valence-corrected chi connectivity index (χ1v) is 12.9. The van der Waals surface area contributed by atoms with Crippen LogP contribution in [0.25, 0.3) is 11.1 Å². The van der Waals surface area contributed by atoms with E-state index in [4.69, 9.17) is 4.74 Å². The molecule has 2 aliphatic heterocycles. The van der Waals surface area contributed by atoms with E-state index >= 15 is 0 Å². The number of hydrogen-bond acceptors (Lipinski definition) is 5. The molecule has 2 unspecified atom stereocenters. The molecule has 1 saturated heterocycles. The Morgan fingerprint density at radius 1 is 1.15 bits per heavy atom. The van der Waals surface area contributed by atoms with Crippen LogP contribution in [-0.4, -0.2) is 49.1 Å². The number of ether oxygens (including phenoxy) is 1. The number of halogens is 3. The number of morpholine rings is 1. The van der Waals surface area contributed by atoms with Crippen molar-refractivity contribution in [2.24, 2.45) is 5.92 Å². The molecule has 0 radical (unpaired) electrons. The molecule has 0 bridgehead atoms. The second-order valence-corrected chi connectivity index (χ2v) is 9.77. The van der Waals surface area contributed by atoms with E-state index in [9.17, 15) is 22.8 Å². The molecule has 39 heavy (non-hydrogen) atoms. The summed E-state index contributed by atoms with van der Waals surface area (Å²) >= 11 is 0. The third-order valence-electron chi connectivity index (χ3n) is 7.26. The van der Waals surface area contributed by atoms with Gasteiger partial charge in [-0.05, 0) is 61.7 Å². The third-order valence-corrected chi connectivity index (χ3v) is 7.26. The lowest BCUT2D eigenvalue weighted by Gasteiger charge is -2.45. The van der Waals surface area contributed by atoms with Gasteiger partial charge in [0.2, 0.25) is 5.91 Å². The Balaban J connectivity index is 1.43. The molecule has 2 aromatic carbocycles. The van der Waals surface area contributed by atoms with Gasteiger partial charge in [0, 0.05) is 35.6 Å². The number of anilines is 2. The fourth-order valence-corrected chi connectivity index (χ4v) is 5.31. The van der Waals surface area contributed by atoms with E-state index < -0.39 is 17.6 Å². The number of nitrogens with one attached hydrogen (secondary N) is 2. The lowest BCUT2D eigenvalue weighted by molar-refractivity contribution is -0.137. The number of nitrogens with zero attached hydrogens (tertiary/aromatic N) is 2. The number of aromatic nitrogens is 1. The largest absolute Gasteiger partial charge is 0.416 e. The maximum atomic E-state index is 13.1. The van der Waals surface area contributed by atoms with Gasteiger partial charge in [0.1, 0.15) is 0 Å². The highest BCUT2D eigenvalue weighted by atomic mass is 19.4. The van der Waals surface area contributed by atoms with Crippen molar-refractivity contribution < 1.29 is 27.5 Å². The minimum Gasteiger partial charge on any atom is -0.377 e. The monoisotopic (exact) mass is 538 g/mol. The highest BCUT2D eigenvalue weighted by Crippen LogP contribution is 2.39. The molecule has 0 aliphatic carbocycles. The summed E-state index contributed by atoms with van der Waals surface area (Å²) in [6.45, 7) is 6.05. The van der Waals surface area contributed by atoms with Gasteiger partial charge in [-0.2, -0.15) is 13.2 Å². The molecule has 0 saturated carbocycles. The average Bonchev–Trinajstić information content (AvgIpc) is 2.93. The van der Waals surface area contributed by atoms with Crippen LogP contribution in [0.3, 0.4) is 0 Å². The Hall–Kier alpha value is -3.92. The zero-order chi connectivity index (χ0) is 27.7. The lowest BCUT2D eigenvalue weighted by Crippen LogP contribution is -2.56. The number of carbonyl (C=O) groups excluding carboxylic acids is 2. The van der Waals surface area contributed by atoms with Gasteiger partial charge in [0.25, 0.3) is 5.91 Å². The number of benzene rings is 2. The topological polar surface area (TPSA) is 83.6 Å². The molecule has 5 rings (SSSR count). The Morgan fingerprint density at radius 3 is 2.74 bits per heavy atom. The second kappa shape index (κ2) is 10.7. The van der Waals surface area contributed by atoms with Crippen LogP contribution in [0.4, 0.5) is 24.5 Å². The summed E-state index contributed by atoms with van der Waals surface area (Å²) in [7, 11) is 0. The van der Waals surface area contributed by atoms with Crippen molar-refractivity contribution in [3.63, 3.8) is 0 Å². The fourth-order valence-electron chi connectivity index (χ4n) is 5.31. The number of hydrogen-bond donors (Lipinski definition) is 2. The van der Waals surface area contributed by atoms with Crippen molar-refractivity contribution in [1.82, 2.24) is 10.3 Å². The van der Waals surface area contributed by atoms with Gasteiger partial charge in [-0.3, -0.25) is 14.6 Å². The molecule has 10 heteroatoms. The summed E-state index contributed by atoms with van der Waals surface area (Å²) in [6, 6.07) is 12.1. The summed E-state index contributed by atoms with van der Waals surface area (Å²) in [6.07, 6.45) is -2.45. The molecule has 1 fully saturated rings. The van der Waals surface area contributed by atoms with Gasteiger partial charge < -0.3 is 20.3 Å². The van der Waals surface area contributed by atoms with E-state index in [0.717, 1.165) is 40.2 Å². The third kappa shape index (κ3) is 5.47. The summed E-state index contributed by atoms with van der Waals surface area (Å²) in [5.41, 5.74) is 3.92. The van der Waals surface area contributed by atoms with E-state index in [1.54, 1.807) is 6.07 Å². The molecule has 3 aromatic rings. The molecule has 7 nitrogen and oxygen atoms in total. The van der Waals surface area contributed by atoms with Gasteiger partial charge in [0.15, 0.2) is 0 Å². The minimum absolute atomic E-state index is 0.0250. The Morgan fingerprint density at radius 2 is 1.97 bits per heavy atom. The van der Waals surface area contributed by atoms with Gasteiger partial charge in [0.05, 0.1) is 42.6 Å². The van der Waals surface area contributed by atoms with Crippen LogP contribution >= 0.6 is 0 Å². The molecule has 3 heterocycles. The quantitative estimate of drug-likeness (QED) is 0.486. The van der Waals surface area contributed by atoms with Crippen LogP contribution in [0.5, 0.6) is 0 Å². The van der Waals surface area contributed by atoms with Gasteiger partial charge in [-0.15, -0.1) is 0 Å². The van der Waals surface area contributed by atoms with Gasteiger partial charge >= 0.3 is 6.18 Å². The van der Waals surface area contributed by atoms with E-state index in [1.165, 1.54) is 18.3 Å².